The van der Waals surface area contributed by atoms with Crippen LogP contribution in [0.4, 0.5) is 0 Å². The van der Waals surface area contributed by atoms with E-state index in [9.17, 15) is 4.79 Å². The van der Waals surface area contributed by atoms with Crippen LogP contribution in [0.5, 0.6) is 5.75 Å². The summed E-state index contributed by atoms with van der Waals surface area (Å²) in [4.78, 5) is 16.7. The second-order valence-electron chi connectivity index (χ2n) is 7.45. The van der Waals surface area contributed by atoms with Crippen molar-refractivity contribution >= 4 is 18.2 Å². The monoisotopic (exact) mass is 406 g/mol. The number of benzene rings is 2. The maximum absolute atomic E-state index is 12.1. The SMILES string of the molecule is COc1ccccc1/C=C\C=N/NC(=O)CN1CCN(Cc2ccc(C)cc2)CC1. The number of carbonyl (C=O) groups excluding carboxylic acids is 1. The average molecular weight is 407 g/mol. The predicted octanol–water partition coefficient (Wildman–Crippen LogP) is 2.94. The summed E-state index contributed by atoms with van der Waals surface area (Å²) in [5, 5.41) is 4.00. The summed E-state index contributed by atoms with van der Waals surface area (Å²) in [6.07, 6.45) is 5.24. The Morgan fingerprint density at radius 1 is 1.07 bits per heavy atom. The molecule has 0 atom stereocenters. The summed E-state index contributed by atoms with van der Waals surface area (Å²) in [6, 6.07) is 16.4. The van der Waals surface area contributed by atoms with E-state index >= 15 is 0 Å². The predicted molar refractivity (Wildman–Crippen MR) is 122 cm³/mol. The molecule has 1 aliphatic rings. The van der Waals surface area contributed by atoms with Gasteiger partial charge in [-0.3, -0.25) is 14.6 Å². The van der Waals surface area contributed by atoms with Gasteiger partial charge in [-0.15, -0.1) is 0 Å². The maximum Gasteiger partial charge on any atom is 0.254 e. The second kappa shape index (κ2) is 11.3. The Balaban J connectivity index is 1.36. The van der Waals surface area contributed by atoms with Gasteiger partial charge < -0.3 is 4.74 Å². The molecular formula is C24H30N4O2. The van der Waals surface area contributed by atoms with Gasteiger partial charge in [-0.25, -0.2) is 5.43 Å². The lowest BCUT2D eigenvalue weighted by Gasteiger charge is -2.34. The summed E-state index contributed by atoms with van der Waals surface area (Å²) < 4.78 is 5.30. The van der Waals surface area contributed by atoms with Crippen LogP contribution in [0, 0.1) is 6.92 Å². The lowest BCUT2D eigenvalue weighted by Crippen LogP contribution is -2.48. The number of methoxy groups -OCH3 is 1. The first-order valence-electron chi connectivity index (χ1n) is 10.3. The smallest absolute Gasteiger partial charge is 0.254 e. The van der Waals surface area contributed by atoms with Gasteiger partial charge in [0.15, 0.2) is 0 Å². The van der Waals surface area contributed by atoms with Crippen molar-refractivity contribution < 1.29 is 9.53 Å². The molecule has 2 aromatic carbocycles. The van der Waals surface area contributed by atoms with E-state index in [1.54, 1.807) is 19.4 Å². The highest BCUT2D eigenvalue weighted by Gasteiger charge is 2.18. The normalized spacial score (nSPS) is 15.7. The third kappa shape index (κ3) is 6.83. The highest BCUT2D eigenvalue weighted by atomic mass is 16.5. The quantitative estimate of drug-likeness (QED) is 0.541. The van der Waals surface area contributed by atoms with Gasteiger partial charge in [0.1, 0.15) is 5.75 Å². The van der Waals surface area contributed by atoms with Crippen molar-refractivity contribution in [3.05, 3.63) is 71.3 Å². The molecule has 2 aromatic rings. The van der Waals surface area contributed by atoms with Crippen molar-refractivity contribution in [3.8, 4) is 5.75 Å². The lowest BCUT2D eigenvalue weighted by molar-refractivity contribution is -0.122. The number of nitrogens with one attached hydrogen (secondary N) is 1. The molecule has 0 saturated carbocycles. The Kier molecular flexibility index (Phi) is 8.18. The minimum Gasteiger partial charge on any atom is -0.496 e. The fourth-order valence-corrected chi connectivity index (χ4v) is 3.40. The van der Waals surface area contributed by atoms with Gasteiger partial charge >= 0.3 is 0 Å². The van der Waals surface area contributed by atoms with E-state index in [0.717, 1.165) is 44.0 Å². The Morgan fingerprint density at radius 2 is 1.77 bits per heavy atom. The summed E-state index contributed by atoms with van der Waals surface area (Å²) in [7, 11) is 1.64. The summed E-state index contributed by atoms with van der Waals surface area (Å²) >= 11 is 0. The summed E-state index contributed by atoms with van der Waals surface area (Å²) in [5.74, 6) is 0.705. The van der Waals surface area contributed by atoms with Gasteiger partial charge in [0, 0.05) is 44.5 Å². The van der Waals surface area contributed by atoms with Gasteiger partial charge in [-0.2, -0.15) is 5.10 Å². The van der Waals surface area contributed by atoms with Crippen LogP contribution in [0.1, 0.15) is 16.7 Å². The minimum atomic E-state index is -0.0936. The number of hydrazone groups is 1. The first-order valence-corrected chi connectivity index (χ1v) is 10.3. The number of piperazine rings is 1. The van der Waals surface area contributed by atoms with E-state index in [2.05, 4.69) is 51.5 Å². The molecular weight excluding hydrogens is 376 g/mol. The van der Waals surface area contributed by atoms with Crippen LogP contribution < -0.4 is 10.2 Å². The summed E-state index contributed by atoms with van der Waals surface area (Å²) in [5.41, 5.74) is 6.17. The van der Waals surface area contributed by atoms with Gasteiger partial charge in [-0.05, 0) is 30.7 Å². The van der Waals surface area contributed by atoms with Crippen LogP contribution in [0.2, 0.25) is 0 Å². The minimum absolute atomic E-state index is 0.0936. The standard InChI is InChI=1S/C24H30N4O2/c1-20-9-11-21(12-10-20)18-27-14-16-28(17-15-27)19-24(29)26-25-13-5-7-22-6-3-4-8-23(22)30-2/h3-13H,14-19H2,1-2H3,(H,26,29)/b7-5-,25-13-. The van der Waals surface area contributed by atoms with Gasteiger partial charge in [-0.1, -0.05) is 48.0 Å². The van der Waals surface area contributed by atoms with Crippen LogP contribution in [0.25, 0.3) is 6.08 Å². The molecule has 1 aliphatic heterocycles. The topological polar surface area (TPSA) is 57.2 Å². The molecule has 6 nitrogen and oxygen atoms in total. The molecule has 0 spiro atoms. The number of para-hydroxylation sites is 1. The van der Waals surface area contributed by atoms with Crippen molar-refractivity contribution in [2.75, 3.05) is 39.8 Å². The Labute approximate surface area is 178 Å². The van der Waals surface area contributed by atoms with E-state index < -0.39 is 0 Å². The van der Waals surface area contributed by atoms with Crippen molar-refractivity contribution in [1.29, 1.82) is 0 Å². The molecule has 3 rings (SSSR count). The van der Waals surface area contributed by atoms with E-state index in [1.807, 2.05) is 30.3 Å². The number of nitrogens with zero attached hydrogens (tertiary/aromatic N) is 3. The fourth-order valence-electron chi connectivity index (χ4n) is 3.40. The molecule has 1 fully saturated rings. The molecule has 0 aliphatic carbocycles. The van der Waals surface area contributed by atoms with Crippen LogP contribution in [-0.4, -0.2) is 61.8 Å². The number of rotatable bonds is 8. The number of hydrogen-bond acceptors (Lipinski definition) is 5. The van der Waals surface area contributed by atoms with E-state index in [0.29, 0.717) is 6.54 Å². The van der Waals surface area contributed by atoms with Crippen LogP contribution >= 0.6 is 0 Å². The average Bonchev–Trinajstić information content (AvgIpc) is 2.77. The zero-order valence-corrected chi connectivity index (χ0v) is 17.8. The zero-order valence-electron chi connectivity index (χ0n) is 17.8. The molecule has 6 heteroatoms. The number of aryl methyl sites for hydroxylation is 1. The Hall–Kier alpha value is -2.96. The zero-order chi connectivity index (χ0) is 21.2. The van der Waals surface area contributed by atoms with E-state index in [1.165, 1.54) is 11.1 Å². The fraction of sp³-hybridized carbons (Fsp3) is 0.333. The number of allylic oxidation sites excluding steroid dienone is 1. The number of hydrogen-bond donors (Lipinski definition) is 1. The molecule has 30 heavy (non-hydrogen) atoms. The van der Waals surface area contributed by atoms with Crippen molar-refractivity contribution in [3.63, 3.8) is 0 Å². The molecule has 0 aromatic heterocycles. The van der Waals surface area contributed by atoms with Gasteiger partial charge in [0.05, 0.1) is 13.7 Å². The number of carbonyl (C=O) groups is 1. The molecule has 1 amide bonds. The second-order valence-corrected chi connectivity index (χ2v) is 7.45. The molecule has 0 unspecified atom stereocenters. The first kappa shape index (κ1) is 21.7. The van der Waals surface area contributed by atoms with Crippen LogP contribution in [-0.2, 0) is 11.3 Å². The van der Waals surface area contributed by atoms with Gasteiger partial charge in [0.25, 0.3) is 5.91 Å². The molecule has 1 heterocycles. The van der Waals surface area contributed by atoms with Crippen molar-refractivity contribution in [2.24, 2.45) is 5.10 Å². The van der Waals surface area contributed by atoms with Crippen molar-refractivity contribution in [1.82, 2.24) is 15.2 Å². The maximum atomic E-state index is 12.1. The summed E-state index contributed by atoms with van der Waals surface area (Å²) in [6.45, 7) is 7.13. The number of ether oxygens (including phenoxy) is 1. The molecule has 1 saturated heterocycles. The molecule has 0 radical (unpaired) electrons. The molecule has 0 bridgehead atoms. The largest absolute Gasteiger partial charge is 0.496 e. The van der Waals surface area contributed by atoms with Crippen LogP contribution in [0.3, 0.4) is 0 Å². The molecule has 1 N–H and O–H groups in total. The third-order valence-corrected chi connectivity index (χ3v) is 5.12. The van der Waals surface area contributed by atoms with Crippen molar-refractivity contribution in [2.45, 2.75) is 13.5 Å². The lowest BCUT2D eigenvalue weighted by atomic mass is 10.1. The Bertz CT molecular complexity index is 869. The third-order valence-electron chi connectivity index (χ3n) is 5.12. The van der Waals surface area contributed by atoms with E-state index in [4.69, 9.17) is 4.74 Å². The number of amides is 1. The molecule has 158 valence electrons. The first-order chi connectivity index (χ1) is 14.6. The van der Waals surface area contributed by atoms with E-state index in [-0.39, 0.29) is 5.91 Å². The highest BCUT2D eigenvalue weighted by Crippen LogP contribution is 2.18. The highest BCUT2D eigenvalue weighted by molar-refractivity contribution is 5.82. The van der Waals surface area contributed by atoms with Gasteiger partial charge in [0.2, 0.25) is 0 Å². The van der Waals surface area contributed by atoms with Crippen LogP contribution in [0.15, 0.2) is 59.7 Å². The Morgan fingerprint density at radius 3 is 2.50 bits per heavy atom.